The standard InChI is InChI=1S/C12H9BrClNO3S/c13-9-7-8(14)5-6-10(9)15-19(17,18)12-4-2-1-3-11(12)16/h1-7,15-16H. The molecule has 0 fully saturated rings. The molecule has 0 amide bonds. The Morgan fingerprint density at radius 2 is 1.84 bits per heavy atom. The van der Waals surface area contributed by atoms with Crippen LogP contribution in [-0.4, -0.2) is 13.5 Å². The normalized spacial score (nSPS) is 11.3. The number of phenols is 1. The van der Waals surface area contributed by atoms with Crippen molar-refractivity contribution in [1.29, 1.82) is 0 Å². The number of hydrogen-bond acceptors (Lipinski definition) is 3. The first-order chi connectivity index (χ1) is 8.90. The van der Waals surface area contributed by atoms with Gasteiger partial charge in [0.15, 0.2) is 0 Å². The predicted molar refractivity (Wildman–Crippen MR) is 78.1 cm³/mol. The molecule has 19 heavy (non-hydrogen) atoms. The zero-order chi connectivity index (χ0) is 14.0. The molecule has 0 saturated carbocycles. The second-order valence-corrected chi connectivity index (χ2v) is 6.64. The molecule has 0 aliphatic heterocycles. The number of nitrogens with one attached hydrogen (secondary N) is 1. The Kier molecular flexibility index (Phi) is 4.03. The van der Waals surface area contributed by atoms with Gasteiger partial charge in [-0.2, -0.15) is 0 Å². The van der Waals surface area contributed by atoms with E-state index in [-0.39, 0.29) is 10.6 Å². The minimum atomic E-state index is -3.85. The molecule has 0 heterocycles. The molecule has 0 aliphatic carbocycles. The molecule has 0 aromatic heterocycles. The van der Waals surface area contributed by atoms with E-state index in [9.17, 15) is 13.5 Å². The van der Waals surface area contributed by atoms with Crippen LogP contribution < -0.4 is 4.72 Å². The van der Waals surface area contributed by atoms with Gasteiger partial charge in [0.1, 0.15) is 10.6 Å². The first-order valence-corrected chi connectivity index (χ1v) is 7.81. The Labute approximate surface area is 124 Å². The Morgan fingerprint density at radius 3 is 2.47 bits per heavy atom. The quantitative estimate of drug-likeness (QED) is 0.876. The number of anilines is 1. The van der Waals surface area contributed by atoms with Gasteiger partial charge in [-0.05, 0) is 46.3 Å². The van der Waals surface area contributed by atoms with Gasteiger partial charge in [-0.3, -0.25) is 4.72 Å². The average Bonchev–Trinajstić information content (AvgIpc) is 2.33. The van der Waals surface area contributed by atoms with E-state index in [2.05, 4.69) is 20.7 Å². The highest BCUT2D eigenvalue weighted by Crippen LogP contribution is 2.29. The van der Waals surface area contributed by atoms with Crippen molar-refractivity contribution in [1.82, 2.24) is 0 Å². The highest BCUT2D eigenvalue weighted by atomic mass is 79.9. The molecule has 4 nitrogen and oxygen atoms in total. The van der Waals surface area contributed by atoms with Crippen LogP contribution in [0.4, 0.5) is 5.69 Å². The van der Waals surface area contributed by atoms with E-state index in [0.717, 1.165) is 0 Å². The van der Waals surface area contributed by atoms with Gasteiger partial charge >= 0.3 is 0 Å². The summed E-state index contributed by atoms with van der Waals surface area (Å²) in [6.07, 6.45) is 0. The van der Waals surface area contributed by atoms with Crippen LogP contribution in [0.5, 0.6) is 5.75 Å². The number of phenolic OH excluding ortho intramolecular Hbond substituents is 1. The van der Waals surface area contributed by atoms with Gasteiger partial charge in [-0.25, -0.2) is 8.42 Å². The summed E-state index contributed by atoms with van der Waals surface area (Å²) >= 11 is 9.00. The molecule has 0 bridgehead atoms. The molecule has 0 spiro atoms. The number of para-hydroxylation sites is 1. The summed E-state index contributed by atoms with van der Waals surface area (Å²) in [5.74, 6) is -0.305. The van der Waals surface area contributed by atoms with Crippen LogP contribution in [0.25, 0.3) is 0 Å². The van der Waals surface area contributed by atoms with Crippen molar-refractivity contribution in [3.8, 4) is 5.75 Å². The minimum Gasteiger partial charge on any atom is -0.507 e. The van der Waals surface area contributed by atoms with Crippen molar-refractivity contribution in [2.24, 2.45) is 0 Å². The van der Waals surface area contributed by atoms with Crippen LogP contribution in [0.15, 0.2) is 51.8 Å². The van der Waals surface area contributed by atoms with Crippen molar-refractivity contribution < 1.29 is 13.5 Å². The first-order valence-electron chi connectivity index (χ1n) is 5.16. The van der Waals surface area contributed by atoms with E-state index < -0.39 is 10.0 Å². The summed E-state index contributed by atoms with van der Waals surface area (Å²) in [6, 6.07) is 10.4. The lowest BCUT2D eigenvalue weighted by atomic mass is 10.3. The number of halogens is 2. The third kappa shape index (κ3) is 3.20. The smallest absolute Gasteiger partial charge is 0.265 e. The summed E-state index contributed by atoms with van der Waals surface area (Å²) in [6.45, 7) is 0. The van der Waals surface area contributed by atoms with E-state index in [1.165, 1.54) is 24.3 Å². The Bertz CT molecular complexity index is 719. The summed E-state index contributed by atoms with van der Waals surface area (Å²) in [5.41, 5.74) is 0.340. The van der Waals surface area contributed by atoms with E-state index >= 15 is 0 Å². The van der Waals surface area contributed by atoms with Crippen LogP contribution in [0.1, 0.15) is 0 Å². The average molecular weight is 363 g/mol. The molecule has 2 rings (SSSR count). The van der Waals surface area contributed by atoms with Gasteiger partial charge in [-0.15, -0.1) is 0 Å². The molecule has 0 unspecified atom stereocenters. The molecule has 2 N–H and O–H groups in total. The second-order valence-electron chi connectivity index (χ2n) is 3.70. The number of sulfonamides is 1. The van der Waals surface area contributed by atoms with Crippen molar-refractivity contribution in [3.63, 3.8) is 0 Å². The van der Waals surface area contributed by atoms with Gasteiger partial charge in [0.2, 0.25) is 0 Å². The maximum Gasteiger partial charge on any atom is 0.265 e. The Hall–Kier alpha value is -1.24. The fourth-order valence-corrected chi connectivity index (χ4v) is 3.55. The fraction of sp³-hybridized carbons (Fsp3) is 0. The lowest BCUT2D eigenvalue weighted by Gasteiger charge is -2.10. The lowest BCUT2D eigenvalue weighted by Crippen LogP contribution is -2.13. The highest BCUT2D eigenvalue weighted by molar-refractivity contribution is 9.10. The number of benzene rings is 2. The van der Waals surface area contributed by atoms with Crippen molar-refractivity contribution >= 4 is 43.2 Å². The van der Waals surface area contributed by atoms with Crippen molar-refractivity contribution in [3.05, 3.63) is 52.0 Å². The van der Waals surface area contributed by atoms with E-state index in [1.807, 2.05) is 0 Å². The molecule has 2 aromatic rings. The Morgan fingerprint density at radius 1 is 1.16 bits per heavy atom. The van der Waals surface area contributed by atoms with Crippen LogP contribution in [0, 0.1) is 0 Å². The number of hydrogen-bond donors (Lipinski definition) is 2. The third-order valence-corrected chi connectivity index (χ3v) is 4.63. The molecule has 2 aromatic carbocycles. The largest absolute Gasteiger partial charge is 0.507 e. The fourth-order valence-electron chi connectivity index (χ4n) is 1.46. The zero-order valence-electron chi connectivity index (χ0n) is 9.47. The van der Waals surface area contributed by atoms with Gasteiger partial charge < -0.3 is 5.11 Å². The molecule has 100 valence electrons. The summed E-state index contributed by atoms with van der Waals surface area (Å²) < 4.78 is 27.2. The molecular formula is C12H9BrClNO3S. The van der Waals surface area contributed by atoms with Crippen LogP contribution in [0.2, 0.25) is 5.02 Å². The highest BCUT2D eigenvalue weighted by Gasteiger charge is 2.19. The summed E-state index contributed by atoms with van der Waals surface area (Å²) in [4.78, 5) is -0.183. The van der Waals surface area contributed by atoms with Crippen LogP contribution in [-0.2, 0) is 10.0 Å². The van der Waals surface area contributed by atoms with Gasteiger partial charge in [0, 0.05) is 9.50 Å². The molecule has 0 saturated heterocycles. The number of aromatic hydroxyl groups is 1. The van der Waals surface area contributed by atoms with Gasteiger partial charge in [0.05, 0.1) is 5.69 Å². The minimum absolute atomic E-state index is 0.183. The maximum atomic E-state index is 12.1. The van der Waals surface area contributed by atoms with Gasteiger partial charge in [-0.1, -0.05) is 23.7 Å². The van der Waals surface area contributed by atoms with Crippen molar-refractivity contribution in [2.45, 2.75) is 4.90 Å². The molecular weight excluding hydrogens is 354 g/mol. The van der Waals surface area contributed by atoms with Crippen LogP contribution in [0.3, 0.4) is 0 Å². The van der Waals surface area contributed by atoms with Crippen molar-refractivity contribution in [2.75, 3.05) is 4.72 Å². The van der Waals surface area contributed by atoms with E-state index in [4.69, 9.17) is 11.6 Å². The third-order valence-electron chi connectivity index (χ3n) is 2.33. The van der Waals surface area contributed by atoms with Gasteiger partial charge in [0.25, 0.3) is 10.0 Å². The Balaban J connectivity index is 2.40. The zero-order valence-corrected chi connectivity index (χ0v) is 12.6. The predicted octanol–water partition coefficient (Wildman–Crippen LogP) is 3.61. The summed E-state index contributed by atoms with van der Waals surface area (Å²) in [5, 5.41) is 10.1. The molecule has 0 radical (unpaired) electrons. The maximum absolute atomic E-state index is 12.1. The monoisotopic (exact) mass is 361 g/mol. The lowest BCUT2D eigenvalue weighted by molar-refractivity contribution is 0.459. The van der Waals surface area contributed by atoms with E-state index in [1.54, 1.807) is 18.2 Å². The molecule has 7 heteroatoms. The number of rotatable bonds is 3. The summed E-state index contributed by atoms with van der Waals surface area (Å²) in [7, 11) is -3.85. The second kappa shape index (κ2) is 5.40. The molecule has 0 aliphatic rings. The SMILES string of the molecule is O=S(=O)(Nc1ccc(Cl)cc1Br)c1ccccc1O. The topological polar surface area (TPSA) is 66.4 Å². The van der Waals surface area contributed by atoms with Crippen LogP contribution >= 0.6 is 27.5 Å². The molecule has 0 atom stereocenters. The van der Waals surface area contributed by atoms with E-state index in [0.29, 0.717) is 15.2 Å². The first kappa shape index (κ1) is 14.2.